The van der Waals surface area contributed by atoms with Gasteiger partial charge in [-0.05, 0) is 53.6 Å². The summed E-state index contributed by atoms with van der Waals surface area (Å²) in [6, 6.07) is 22.0. The summed E-state index contributed by atoms with van der Waals surface area (Å²) in [5, 5.41) is 11.5. The van der Waals surface area contributed by atoms with Gasteiger partial charge in [0, 0.05) is 6.07 Å². The number of ketones is 1. The van der Waals surface area contributed by atoms with Gasteiger partial charge in [-0.25, -0.2) is 0 Å². The lowest BCUT2D eigenvalue weighted by Gasteiger charge is -2.19. The van der Waals surface area contributed by atoms with Crippen molar-refractivity contribution in [2.75, 3.05) is 0 Å². The van der Waals surface area contributed by atoms with E-state index in [0.717, 1.165) is 29.0 Å². The average molecular weight is 544 g/mol. The molecular weight excluding hydrogens is 526 g/mol. The van der Waals surface area contributed by atoms with Crippen molar-refractivity contribution in [1.29, 1.82) is 5.26 Å². The summed E-state index contributed by atoms with van der Waals surface area (Å²) >= 11 is 12.2. The van der Waals surface area contributed by atoms with Crippen molar-refractivity contribution in [3.8, 4) is 23.3 Å². The van der Waals surface area contributed by atoms with Gasteiger partial charge in [0.05, 0.1) is 21.7 Å². The fraction of sp³-hybridized carbons (Fsp3) is 0.143. The van der Waals surface area contributed by atoms with Crippen LogP contribution in [-0.4, -0.2) is 11.9 Å². The van der Waals surface area contributed by atoms with E-state index in [2.05, 4.69) is 6.07 Å². The maximum atomic E-state index is 13.2. The molecule has 0 spiro atoms. The number of fused-ring (bicyclic) bond motifs is 1. The van der Waals surface area contributed by atoms with Gasteiger partial charge in [0.1, 0.15) is 23.2 Å². The topological polar surface area (TPSA) is 59.3 Å². The van der Waals surface area contributed by atoms with Crippen molar-refractivity contribution in [2.24, 2.45) is 0 Å². The molecule has 0 aliphatic carbocycles. The number of carbonyl (C=O) groups excluding carboxylic acids is 1. The standard InChI is InChI=1S/C28H18Cl2F3NO3/c1-16(27(35)22(15-34)21-8-4-6-17-5-2-3-7-20(17)21)36-26-14-19(10-11-23(26)29)37-25-12-9-18(13-24(25)30)28(31,32)33/h2-14,16,22H,1H3. The van der Waals surface area contributed by atoms with Crippen LogP contribution in [0.1, 0.15) is 24.0 Å². The van der Waals surface area contributed by atoms with Crippen LogP contribution in [0.2, 0.25) is 10.0 Å². The first-order valence-electron chi connectivity index (χ1n) is 11.0. The second-order valence-electron chi connectivity index (χ2n) is 8.13. The van der Waals surface area contributed by atoms with Crippen molar-refractivity contribution in [1.82, 2.24) is 0 Å². The van der Waals surface area contributed by atoms with Crippen molar-refractivity contribution in [3.63, 3.8) is 0 Å². The predicted molar refractivity (Wildman–Crippen MR) is 135 cm³/mol. The largest absolute Gasteiger partial charge is 0.481 e. The van der Waals surface area contributed by atoms with Crippen LogP contribution in [0.15, 0.2) is 78.9 Å². The highest BCUT2D eigenvalue weighted by molar-refractivity contribution is 6.32. The summed E-state index contributed by atoms with van der Waals surface area (Å²) in [6.07, 6.45) is -5.59. The Labute approximate surface area is 220 Å². The Morgan fingerprint density at radius 2 is 1.65 bits per heavy atom. The first-order chi connectivity index (χ1) is 17.6. The monoisotopic (exact) mass is 543 g/mol. The molecule has 0 amide bonds. The second kappa shape index (κ2) is 10.7. The molecule has 37 heavy (non-hydrogen) atoms. The zero-order chi connectivity index (χ0) is 26.7. The normalized spacial score (nSPS) is 13.0. The van der Waals surface area contributed by atoms with Crippen molar-refractivity contribution in [3.05, 3.63) is 100 Å². The van der Waals surface area contributed by atoms with Gasteiger partial charge in [-0.1, -0.05) is 65.7 Å². The molecule has 188 valence electrons. The number of rotatable bonds is 7. The number of benzene rings is 4. The van der Waals surface area contributed by atoms with E-state index >= 15 is 0 Å². The van der Waals surface area contributed by atoms with Gasteiger partial charge in [-0.2, -0.15) is 18.4 Å². The van der Waals surface area contributed by atoms with Crippen LogP contribution >= 0.6 is 23.2 Å². The second-order valence-corrected chi connectivity index (χ2v) is 8.94. The number of ether oxygens (including phenoxy) is 2. The first kappa shape index (κ1) is 26.3. The molecule has 2 atom stereocenters. The van der Waals surface area contributed by atoms with E-state index in [1.165, 1.54) is 25.1 Å². The molecule has 0 aromatic heterocycles. The van der Waals surface area contributed by atoms with Crippen molar-refractivity contribution >= 4 is 39.8 Å². The molecule has 0 heterocycles. The molecule has 9 heteroatoms. The summed E-state index contributed by atoms with van der Waals surface area (Å²) in [7, 11) is 0. The lowest BCUT2D eigenvalue weighted by atomic mass is 9.89. The van der Waals surface area contributed by atoms with E-state index < -0.39 is 29.5 Å². The number of hydrogen-bond acceptors (Lipinski definition) is 4. The molecule has 0 aliphatic heterocycles. The fourth-order valence-corrected chi connectivity index (χ4v) is 4.18. The van der Waals surface area contributed by atoms with E-state index in [4.69, 9.17) is 32.7 Å². The van der Waals surface area contributed by atoms with Crippen LogP contribution in [0.4, 0.5) is 13.2 Å². The predicted octanol–water partition coefficient (Wildman–Crippen LogP) is 8.60. The number of Topliss-reactive ketones (excluding diaryl/α,β-unsaturated/α-hetero) is 1. The molecule has 4 aromatic carbocycles. The molecule has 2 unspecified atom stereocenters. The van der Waals surface area contributed by atoms with Crippen molar-refractivity contribution in [2.45, 2.75) is 25.1 Å². The molecule has 0 aliphatic rings. The zero-order valence-electron chi connectivity index (χ0n) is 19.2. The summed E-state index contributed by atoms with van der Waals surface area (Å²) in [5.74, 6) is -1.28. The SMILES string of the molecule is CC(Oc1cc(Oc2ccc(C(F)(F)F)cc2Cl)ccc1Cl)C(=O)C(C#N)c1cccc2ccccc12. The van der Waals surface area contributed by atoms with Gasteiger partial charge in [-0.15, -0.1) is 0 Å². The maximum absolute atomic E-state index is 13.2. The average Bonchev–Trinajstić information content (AvgIpc) is 2.87. The van der Waals surface area contributed by atoms with Gasteiger partial charge in [-0.3, -0.25) is 4.79 Å². The molecule has 4 rings (SSSR count). The van der Waals surface area contributed by atoms with Crippen molar-refractivity contribution < 1.29 is 27.4 Å². The van der Waals surface area contributed by atoms with E-state index in [-0.39, 0.29) is 27.3 Å². The number of alkyl halides is 3. The highest BCUT2D eigenvalue weighted by Gasteiger charge is 2.31. The number of carbonyl (C=O) groups is 1. The minimum absolute atomic E-state index is 0.00688. The fourth-order valence-electron chi connectivity index (χ4n) is 3.80. The Morgan fingerprint density at radius 3 is 2.35 bits per heavy atom. The van der Waals surface area contributed by atoms with Crippen LogP contribution in [-0.2, 0) is 11.0 Å². The van der Waals surface area contributed by atoms with Gasteiger partial charge >= 0.3 is 6.18 Å². The Hall–Kier alpha value is -3.73. The molecular formula is C28H18Cl2F3NO3. The summed E-state index contributed by atoms with van der Waals surface area (Å²) in [4.78, 5) is 13.2. The summed E-state index contributed by atoms with van der Waals surface area (Å²) in [6.45, 7) is 1.51. The molecule has 0 radical (unpaired) electrons. The van der Waals surface area contributed by atoms with E-state index in [9.17, 15) is 23.2 Å². The van der Waals surface area contributed by atoms with Crippen LogP contribution in [0, 0.1) is 11.3 Å². The van der Waals surface area contributed by atoms with Gasteiger partial charge in [0.2, 0.25) is 0 Å². The molecule has 0 saturated heterocycles. The van der Waals surface area contributed by atoms with Gasteiger partial charge < -0.3 is 9.47 Å². The Morgan fingerprint density at radius 1 is 0.919 bits per heavy atom. The Kier molecular flexibility index (Phi) is 7.63. The van der Waals surface area contributed by atoms with E-state index in [1.54, 1.807) is 12.1 Å². The lowest BCUT2D eigenvalue weighted by Crippen LogP contribution is -2.29. The minimum atomic E-state index is -4.54. The van der Waals surface area contributed by atoms with E-state index in [0.29, 0.717) is 5.56 Å². The minimum Gasteiger partial charge on any atom is -0.481 e. The zero-order valence-corrected chi connectivity index (χ0v) is 20.7. The van der Waals surface area contributed by atoms with Crippen LogP contribution in [0.5, 0.6) is 17.2 Å². The molecule has 0 N–H and O–H groups in total. The molecule has 0 fully saturated rings. The Bertz CT molecular complexity index is 1510. The highest BCUT2D eigenvalue weighted by atomic mass is 35.5. The van der Waals surface area contributed by atoms with E-state index in [1.807, 2.05) is 30.3 Å². The number of nitriles is 1. The first-order valence-corrected chi connectivity index (χ1v) is 11.8. The van der Waals surface area contributed by atoms with Crippen LogP contribution in [0.25, 0.3) is 10.8 Å². The Balaban J connectivity index is 1.55. The summed E-state index contributed by atoms with van der Waals surface area (Å²) < 4.78 is 50.1. The molecule has 0 bridgehead atoms. The van der Waals surface area contributed by atoms with Crippen LogP contribution in [0.3, 0.4) is 0 Å². The smallest absolute Gasteiger partial charge is 0.416 e. The third-order valence-corrected chi connectivity index (χ3v) is 6.25. The number of nitrogens with zero attached hydrogens (tertiary/aromatic N) is 1. The lowest BCUT2D eigenvalue weighted by molar-refractivity contribution is -0.137. The number of halogens is 5. The molecule has 4 aromatic rings. The number of hydrogen-bond donors (Lipinski definition) is 0. The molecule has 0 saturated carbocycles. The van der Waals surface area contributed by atoms with Crippen LogP contribution < -0.4 is 9.47 Å². The molecule has 4 nitrogen and oxygen atoms in total. The third-order valence-electron chi connectivity index (χ3n) is 5.64. The third kappa shape index (κ3) is 5.82. The quantitative estimate of drug-likeness (QED) is 0.234. The van der Waals surface area contributed by atoms with Gasteiger partial charge in [0.15, 0.2) is 11.9 Å². The summed E-state index contributed by atoms with van der Waals surface area (Å²) in [5.41, 5.74) is -0.336. The highest BCUT2D eigenvalue weighted by Crippen LogP contribution is 2.38. The van der Waals surface area contributed by atoms with Gasteiger partial charge in [0.25, 0.3) is 0 Å². The maximum Gasteiger partial charge on any atom is 0.416 e.